The maximum absolute atomic E-state index is 13.7. The van der Waals surface area contributed by atoms with Crippen LogP contribution in [-0.4, -0.2) is 62.6 Å². The van der Waals surface area contributed by atoms with Crippen LogP contribution < -0.4 is 15.5 Å². The number of benzene rings is 1. The second kappa shape index (κ2) is 13.6. The summed E-state index contributed by atoms with van der Waals surface area (Å²) in [6.45, 7) is 13.6. The molecule has 10 nitrogen and oxygen atoms in total. The van der Waals surface area contributed by atoms with E-state index in [9.17, 15) is 19.2 Å². The van der Waals surface area contributed by atoms with Crippen LogP contribution in [0, 0.1) is 0 Å². The maximum Gasteiger partial charge on any atom is 0.333 e. The largest absolute Gasteiger partial charge is 0.495 e. The lowest BCUT2D eigenvalue weighted by atomic mass is 9.78. The number of carbonyl (C=O) groups is 4. The monoisotopic (exact) mass is 560 g/mol. The number of amides is 2. The number of anilines is 2. The molecule has 0 atom stereocenters. The minimum absolute atomic E-state index is 0.160. The number of allylic oxidation sites excluding steroid dienone is 5. The molecule has 2 N–H and O–H groups in total. The fourth-order valence-corrected chi connectivity index (χ4v) is 4.49. The molecule has 0 saturated heterocycles. The van der Waals surface area contributed by atoms with Crippen LogP contribution in [0.15, 0.2) is 76.2 Å². The first-order chi connectivity index (χ1) is 19.5. The minimum Gasteiger partial charge on any atom is -0.495 e. The van der Waals surface area contributed by atoms with Crippen molar-refractivity contribution in [2.24, 2.45) is 4.99 Å². The van der Waals surface area contributed by atoms with E-state index in [1.54, 1.807) is 37.3 Å². The number of ether oxygens (including phenoxy) is 2. The first-order valence-corrected chi connectivity index (χ1v) is 13.3. The smallest absolute Gasteiger partial charge is 0.333 e. The summed E-state index contributed by atoms with van der Waals surface area (Å²) in [5.41, 5.74) is 4.30. The van der Waals surface area contributed by atoms with Crippen LogP contribution in [0.3, 0.4) is 0 Å². The Kier molecular flexibility index (Phi) is 10.2. The van der Waals surface area contributed by atoms with Crippen LogP contribution in [0.5, 0.6) is 0 Å². The molecule has 1 aromatic rings. The molecule has 216 valence electrons. The Morgan fingerprint density at radius 3 is 2.32 bits per heavy atom. The summed E-state index contributed by atoms with van der Waals surface area (Å²) < 4.78 is 10.9. The standard InChI is InChI=1S/C31H36N4O6/c1-8-32-21-10-12-23(25(16-21)33-19(5)36)27-29(38)28(30(27)40-7)24-13-11-22(17-26(24)34-20(6)37)35(9-2)14-15-41-31(39)18(3)4/h10-13,16-17H,3,8-9,14-15H2,1-2,4-7H3,(H,33,36)(H,34,37)/b27-23-,32-21?. The first-order valence-electron chi connectivity index (χ1n) is 13.3. The van der Waals surface area contributed by atoms with Crippen molar-refractivity contribution in [1.29, 1.82) is 0 Å². The molecule has 0 spiro atoms. The fraction of sp³-hybridized carbons (Fsp3) is 0.323. The van der Waals surface area contributed by atoms with Gasteiger partial charge in [-0.1, -0.05) is 6.58 Å². The molecule has 2 aliphatic carbocycles. The summed E-state index contributed by atoms with van der Waals surface area (Å²) in [5, 5.41) is 5.61. The molecule has 2 amide bonds. The second-order valence-corrected chi connectivity index (χ2v) is 9.40. The topological polar surface area (TPSA) is 126 Å². The van der Waals surface area contributed by atoms with E-state index < -0.39 is 5.97 Å². The van der Waals surface area contributed by atoms with E-state index in [0.29, 0.717) is 70.3 Å². The number of carbonyl (C=O) groups excluding carboxylic acids is 4. The minimum atomic E-state index is -0.457. The second-order valence-electron chi connectivity index (χ2n) is 9.40. The van der Waals surface area contributed by atoms with Gasteiger partial charge in [-0.15, -0.1) is 0 Å². The molecule has 0 fully saturated rings. The zero-order valence-corrected chi connectivity index (χ0v) is 24.3. The molecule has 1 aromatic carbocycles. The van der Waals surface area contributed by atoms with Crippen molar-refractivity contribution in [3.63, 3.8) is 0 Å². The molecule has 0 unspecified atom stereocenters. The van der Waals surface area contributed by atoms with Gasteiger partial charge >= 0.3 is 5.97 Å². The van der Waals surface area contributed by atoms with Crippen molar-refractivity contribution < 1.29 is 28.7 Å². The van der Waals surface area contributed by atoms with Crippen LogP contribution in [0.2, 0.25) is 0 Å². The zero-order valence-electron chi connectivity index (χ0n) is 24.3. The van der Waals surface area contributed by atoms with Crippen molar-refractivity contribution in [3.8, 4) is 0 Å². The average Bonchev–Trinajstić information content (AvgIpc) is 2.91. The Balaban J connectivity index is 2.05. The van der Waals surface area contributed by atoms with Crippen LogP contribution in [0.1, 0.15) is 40.2 Å². The van der Waals surface area contributed by atoms with Gasteiger partial charge in [-0.25, -0.2) is 4.79 Å². The third-order valence-corrected chi connectivity index (χ3v) is 6.31. The normalized spacial score (nSPS) is 17.1. The third kappa shape index (κ3) is 7.08. The van der Waals surface area contributed by atoms with E-state index in [1.165, 1.54) is 21.0 Å². The maximum atomic E-state index is 13.7. The van der Waals surface area contributed by atoms with Crippen molar-refractivity contribution >= 4 is 46.2 Å². The number of ketones is 1. The number of esters is 1. The highest BCUT2D eigenvalue weighted by molar-refractivity contribution is 6.40. The average molecular weight is 561 g/mol. The Morgan fingerprint density at radius 2 is 1.73 bits per heavy atom. The number of methoxy groups -OCH3 is 1. The molecule has 10 heteroatoms. The van der Waals surface area contributed by atoms with E-state index in [4.69, 9.17) is 9.47 Å². The highest BCUT2D eigenvalue weighted by atomic mass is 16.5. The molecule has 0 bridgehead atoms. The molecule has 2 aliphatic rings. The SMILES string of the molecule is C=C(C)C(=O)OCCN(CC)c1ccc(C2=C(OC)/C(=C3/C=CC(=NCC)C=C3NC(C)=O)C2=O)c(NC(C)=O)c1. The molecular formula is C31H36N4O6. The number of rotatable bonds is 11. The Bertz CT molecular complexity index is 1440. The molecule has 0 radical (unpaired) electrons. The number of hydrogen-bond acceptors (Lipinski definition) is 8. The van der Waals surface area contributed by atoms with Gasteiger partial charge in [-0.3, -0.25) is 19.4 Å². The lowest BCUT2D eigenvalue weighted by Crippen LogP contribution is -2.30. The predicted octanol–water partition coefficient (Wildman–Crippen LogP) is 3.88. The number of nitrogens with zero attached hydrogens (tertiary/aromatic N) is 2. The molecule has 41 heavy (non-hydrogen) atoms. The summed E-state index contributed by atoms with van der Waals surface area (Å²) in [6, 6.07) is 5.36. The number of hydrogen-bond donors (Lipinski definition) is 2. The number of Topliss-reactive ketones (excluding diaryl/α,β-unsaturated/α-hetero) is 1. The Morgan fingerprint density at radius 1 is 1.02 bits per heavy atom. The van der Waals surface area contributed by atoms with Crippen LogP contribution in [0.4, 0.5) is 11.4 Å². The van der Waals surface area contributed by atoms with Gasteiger partial charge < -0.3 is 25.0 Å². The molecule has 0 saturated carbocycles. The number of likely N-dealkylation sites (N-methyl/N-ethyl adjacent to an activating group) is 1. The Labute approximate surface area is 240 Å². The lowest BCUT2D eigenvalue weighted by molar-refractivity contribution is -0.138. The van der Waals surface area contributed by atoms with E-state index in [2.05, 4.69) is 22.2 Å². The molecule has 0 aliphatic heterocycles. The molecular weight excluding hydrogens is 524 g/mol. The summed E-state index contributed by atoms with van der Waals surface area (Å²) >= 11 is 0. The van der Waals surface area contributed by atoms with E-state index >= 15 is 0 Å². The van der Waals surface area contributed by atoms with Crippen LogP contribution in [-0.2, 0) is 28.7 Å². The fourth-order valence-electron chi connectivity index (χ4n) is 4.49. The first kappa shape index (κ1) is 30.8. The van der Waals surface area contributed by atoms with E-state index in [1.807, 2.05) is 24.8 Å². The van der Waals surface area contributed by atoms with Crippen LogP contribution >= 0.6 is 0 Å². The molecule has 0 heterocycles. The summed E-state index contributed by atoms with van der Waals surface area (Å²) in [5.74, 6) is -0.984. The quantitative estimate of drug-likeness (QED) is 0.311. The molecule has 0 aromatic heterocycles. The number of aliphatic imine (C=N–C) groups is 1. The summed E-state index contributed by atoms with van der Waals surface area (Å²) in [6.07, 6.45) is 5.23. The van der Waals surface area contributed by atoms with Gasteiger partial charge in [0.05, 0.1) is 41.9 Å². The van der Waals surface area contributed by atoms with Gasteiger partial charge in [0.2, 0.25) is 17.6 Å². The highest BCUT2D eigenvalue weighted by Gasteiger charge is 2.40. The van der Waals surface area contributed by atoms with Crippen LogP contribution in [0.25, 0.3) is 5.57 Å². The van der Waals surface area contributed by atoms with Crippen molar-refractivity contribution in [2.45, 2.75) is 34.6 Å². The van der Waals surface area contributed by atoms with E-state index in [-0.39, 0.29) is 24.2 Å². The zero-order chi connectivity index (χ0) is 30.3. The highest BCUT2D eigenvalue weighted by Crippen LogP contribution is 2.44. The van der Waals surface area contributed by atoms with Crippen molar-refractivity contribution in [3.05, 3.63) is 76.7 Å². The van der Waals surface area contributed by atoms with Gasteiger partial charge in [0, 0.05) is 49.3 Å². The van der Waals surface area contributed by atoms with Gasteiger partial charge in [-0.2, -0.15) is 0 Å². The van der Waals surface area contributed by atoms with Gasteiger partial charge in [-0.05, 0) is 57.2 Å². The van der Waals surface area contributed by atoms with E-state index in [0.717, 1.165) is 5.69 Å². The Hall–Kier alpha value is -4.73. The molecule has 3 rings (SSSR count). The van der Waals surface area contributed by atoms with Crippen molar-refractivity contribution in [1.82, 2.24) is 5.32 Å². The van der Waals surface area contributed by atoms with Gasteiger partial charge in [0.15, 0.2) is 0 Å². The summed E-state index contributed by atoms with van der Waals surface area (Å²) in [7, 11) is 1.47. The lowest BCUT2D eigenvalue weighted by Gasteiger charge is -2.30. The van der Waals surface area contributed by atoms with Gasteiger partial charge in [0.1, 0.15) is 12.4 Å². The predicted molar refractivity (Wildman–Crippen MR) is 159 cm³/mol. The number of nitrogens with one attached hydrogen (secondary N) is 2. The van der Waals surface area contributed by atoms with Crippen molar-refractivity contribution in [2.75, 3.05) is 43.6 Å². The summed E-state index contributed by atoms with van der Waals surface area (Å²) in [4.78, 5) is 55.8. The third-order valence-electron chi connectivity index (χ3n) is 6.31. The van der Waals surface area contributed by atoms with Gasteiger partial charge in [0.25, 0.3) is 0 Å².